The molecule has 1 aliphatic heterocycles. The predicted octanol–water partition coefficient (Wildman–Crippen LogP) is 2.72. The summed E-state index contributed by atoms with van der Waals surface area (Å²) >= 11 is 0. The molecule has 1 saturated heterocycles. The number of hydrogen-bond acceptors (Lipinski definition) is 11. The fraction of sp³-hybridized carbons (Fsp3) is 0.771. The molecule has 5 aliphatic carbocycles. The summed E-state index contributed by atoms with van der Waals surface area (Å²) in [4.78, 5) is 29.7. The van der Waals surface area contributed by atoms with Gasteiger partial charge in [-0.3, -0.25) is 9.69 Å². The van der Waals surface area contributed by atoms with E-state index in [1.807, 2.05) is 0 Å². The topological polar surface area (TPSA) is 122 Å². The second-order valence-corrected chi connectivity index (χ2v) is 14.6. The summed E-state index contributed by atoms with van der Waals surface area (Å²) in [5, 5.41) is 12.8. The van der Waals surface area contributed by atoms with E-state index in [1.165, 1.54) is 6.92 Å². The molecule has 0 radical (unpaired) electrons. The molecule has 6 fully saturated rings. The van der Waals surface area contributed by atoms with Crippen LogP contribution >= 0.6 is 0 Å². The van der Waals surface area contributed by atoms with E-state index < -0.39 is 46.7 Å². The fourth-order valence-electron chi connectivity index (χ4n) is 12.4. The summed E-state index contributed by atoms with van der Waals surface area (Å²) in [5.74, 6) is -1.38. The van der Waals surface area contributed by atoms with Crippen LogP contribution in [0.3, 0.4) is 0 Å². The number of benzene rings is 1. The van der Waals surface area contributed by atoms with Gasteiger partial charge >= 0.3 is 11.9 Å². The summed E-state index contributed by atoms with van der Waals surface area (Å²) in [7, 11) is 8.44. The van der Waals surface area contributed by atoms with E-state index in [9.17, 15) is 14.7 Å². The normalized spacial score (nSPS) is 46.6. The van der Waals surface area contributed by atoms with Crippen LogP contribution in [-0.4, -0.2) is 119 Å². The van der Waals surface area contributed by atoms with E-state index >= 15 is 0 Å². The van der Waals surface area contributed by atoms with Crippen molar-refractivity contribution in [3.8, 4) is 5.75 Å². The minimum absolute atomic E-state index is 0.00534. The van der Waals surface area contributed by atoms with Crippen LogP contribution in [0.15, 0.2) is 24.3 Å². The quantitative estimate of drug-likeness (QED) is 0.379. The molecule has 5 saturated carbocycles. The third-order valence-electron chi connectivity index (χ3n) is 13.3. The van der Waals surface area contributed by atoms with Gasteiger partial charge in [0, 0.05) is 83.0 Å². The number of carbonyl (C=O) groups is 2. The van der Waals surface area contributed by atoms with E-state index in [-0.39, 0.29) is 47.8 Å². The highest BCUT2D eigenvalue weighted by molar-refractivity contribution is 5.89. The molecular weight excluding hydrogens is 594 g/mol. The van der Waals surface area contributed by atoms with Crippen molar-refractivity contribution in [2.24, 2.45) is 34.5 Å². The molecule has 6 aliphatic rings. The van der Waals surface area contributed by atoms with Crippen molar-refractivity contribution in [1.82, 2.24) is 4.90 Å². The first-order chi connectivity index (χ1) is 22.1. The van der Waals surface area contributed by atoms with Crippen LogP contribution in [0.25, 0.3) is 0 Å². The van der Waals surface area contributed by atoms with Gasteiger partial charge in [0.05, 0.1) is 37.6 Å². The zero-order chi connectivity index (χ0) is 32.8. The first-order valence-corrected chi connectivity index (χ1v) is 16.6. The number of hydrogen-bond donors (Lipinski definition) is 1. The molecule has 7 rings (SSSR count). The van der Waals surface area contributed by atoms with Crippen molar-refractivity contribution in [1.29, 1.82) is 0 Å². The van der Waals surface area contributed by atoms with Gasteiger partial charge in [-0.2, -0.15) is 0 Å². The second-order valence-electron chi connectivity index (χ2n) is 14.6. The third kappa shape index (κ3) is 3.87. The largest absolute Gasteiger partial charge is 0.497 e. The molecular formula is C35H49NO10. The highest BCUT2D eigenvalue weighted by atomic mass is 16.6. The number of rotatable bonds is 10. The average Bonchev–Trinajstić information content (AvgIpc) is 3.42. The Balaban J connectivity index is 1.46. The van der Waals surface area contributed by atoms with Gasteiger partial charge in [0.2, 0.25) is 0 Å². The second kappa shape index (κ2) is 11.1. The molecule has 0 unspecified atom stereocenters. The minimum atomic E-state index is -1.51. The van der Waals surface area contributed by atoms with Crippen LogP contribution in [-0.2, 0) is 33.2 Å². The van der Waals surface area contributed by atoms with Gasteiger partial charge in [-0.1, -0.05) is 6.92 Å². The van der Waals surface area contributed by atoms with Gasteiger partial charge in [0.1, 0.15) is 23.1 Å². The SMILES string of the molecule is CCN1C[C@@]2(COC)CC[C@H](OC)[C@@]34[C@@H]5C[C@]6(O)[C@H](OC(=O)c7ccc(OC)cc7)[C@@H]5[C@@](OC(C)=O)(C[C@H]6OC)[C@@H]([C@H](OC)[C@H]23)[C@@H]14. The van der Waals surface area contributed by atoms with Crippen LogP contribution in [0.4, 0.5) is 0 Å². The van der Waals surface area contributed by atoms with E-state index in [1.54, 1.807) is 59.8 Å². The lowest BCUT2D eigenvalue weighted by Crippen LogP contribution is -2.77. The molecule has 0 aromatic heterocycles. The molecule has 1 N–H and O–H groups in total. The number of methoxy groups -OCH3 is 5. The maximum absolute atomic E-state index is 13.9. The maximum Gasteiger partial charge on any atom is 0.338 e. The number of aliphatic hydroxyl groups is 1. The number of ether oxygens (including phenoxy) is 7. The Morgan fingerprint density at radius 3 is 2.28 bits per heavy atom. The van der Waals surface area contributed by atoms with Gasteiger partial charge < -0.3 is 38.3 Å². The van der Waals surface area contributed by atoms with E-state index in [0.29, 0.717) is 24.3 Å². The molecule has 1 aromatic carbocycles. The Morgan fingerprint density at radius 1 is 0.978 bits per heavy atom. The Morgan fingerprint density at radius 2 is 1.70 bits per heavy atom. The monoisotopic (exact) mass is 643 g/mol. The molecule has 1 spiro atoms. The minimum Gasteiger partial charge on any atom is -0.497 e. The first-order valence-electron chi connectivity index (χ1n) is 16.6. The Hall–Kier alpha value is -2.28. The van der Waals surface area contributed by atoms with Gasteiger partial charge in [0.15, 0.2) is 0 Å². The molecule has 254 valence electrons. The van der Waals surface area contributed by atoms with Gasteiger partial charge in [-0.05, 0) is 56.0 Å². The Kier molecular flexibility index (Phi) is 7.81. The standard InChI is InChI=1S/C35H49NO10/c1-8-36-17-32(18-40-3)14-13-23(42-5)35-22-15-33(39)24(43-6)16-34(46-19(2)37,26(29(35)36)27(44-7)28(32)35)25(22)30(33)45-31(38)20-9-11-21(41-4)12-10-20/h9-12,22-30,39H,8,13-18H2,1-7H3/t22-,23+,24-,25-,26+,27+,28-,29-,30-,32-,33-,34+,35+/m1/s1. The van der Waals surface area contributed by atoms with Crippen molar-refractivity contribution < 1.29 is 47.9 Å². The molecule has 13 atom stereocenters. The lowest BCUT2D eigenvalue weighted by Gasteiger charge is -2.69. The molecule has 7 bridgehead atoms. The highest BCUT2D eigenvalue weighted by Gasteiger charge is 2.89. The van der Waals surface area contributed by atoms with Gasteiger partial charge in [0.25, 0.3) is 0 Å². The fourth-order valence-corrected chi connectivity index (χ4v) is 12.4. The molecule has 46 heavy (non-hydrogen) atoms. The van der Waals surface area contributed by atoms with E-state index in [2.05, 4.69) is 11.8 Å². The lowest BCUT2D eigenvalue weighted by molar-refractivity contribution is -0.287. The van der Waals surface area contributed by atoms with Crippen molar-refractivity contribution >= 4 is 11.9 Å². The molecule has 1 aromatic rings. The van der Waals surface area contributed by atoms with Gasteiger partial charge in [-0.25, -0.2) is 4.79 Å². The van der Waals surface area contributed by atoms with Gasteiger partial charge in [-0.15, -0.1) is 0 Å². The van der Waals surface area contributed by atoms with Crippen LogP contribution < -0.4 is 4.74 Å². The summed E-state index contributed by atoms with van der Waals surface area (Å²) < 4.78 is 43.6. The summed E-state index contributed by atoms with van der Waals surface area (Å²) in [6.45, 7) is 5.80. The Bertz CT molecular complexity index is 1360. The average molecular weight is 644 g/mol. The van der Waals surface area contributed by atoms with E-state index in [4.69, 9.17) is 33.2 Å². The van der Waals surface area contributed by atoms with Crippen LogP contribution in [0, 0.1) is 34.5 Å². The molecule has 0 amide bonds. The zero-order valence-electron chi connectivity index (χ0n) is 28.0. The van der Waals surface area contributed by atoms with Crippen LogP contribution in [0.2, 0.25) is 0 Å². The first kappa shape index (κ1) is 32.3. The summed E-state index contributed by atoms with van der Waals surface area (Å²) in [6.07, 6.45) is 0.142. The summed E-state index contributed by atoms with van der Waals surface area (Å²) in [5.41, 5.74) is -3.03. The smallest absolute Gasteiger partial charge is 0.338 e. The highest BCUT2D eigenvalue weighted by Crippen LogP contribution is 2.80. The lowest BCUT2D eigenvalue weighted by atomic mass is 9.43. The Labute approximate surface area is 271 Å². The molecule has 11 heteroatoms. The van der Waals surface area contributed by atoms with Crippen molar-refractivity contribution in [3.05, 3.63) is 29.8 Å². The number of esters is 2. The predicted molar refractivity (Wildman–Crippen MR) is 164 cm³/mol. The molecule has 1 heterocycles. The number of likely N-dealkylation sites (tertiary alicyclic amines) is 1. The van der Waals surface area contributed by atoms with Crippen LogP contribution in [0.5, 0.6) is 5.75 Å². The van der Waals surface area contributed by atoms with Crippen molar-refractivity contribution in [2.75, 3.05) is 55.2 Å². The number of fused-ring (bicyclic) bond motifs is 2. The third-order valence-corrected chi connectivity index (χ3v) is 13.3. The van der Waals surface area contributed by atoms with Crippen molar-refractivity contribution in [3.63, 3.8) is 0 Å². The number of nitrogens with zero attached hydrogens (tertiary/aromatic N) is 1. The van der Waals surface area contributed by atoms with E-state index in [0.717, 1.165) is 25.9 Å². The molecule has 11 nitrogen and oxygen atoms in total. The number of piperidine rings is 1. The summed E-state index contributed by atoms with van der Waals surface area (Å²) in [6, 6.07) is 6.66. The van der Waals surface area contributed by atoms with Crippen LogP contribution in [0.1, 0.15) is 49.9 Å². The zero-order valence-corrected chi connectivity index (χ0v) is 28.0. The number of carbonyl (C=O) groups excluding carboxylic acids is 2. The maximum atomic E-state index is 13.9. The van der Waals surface area contributed by atoms with Crippen molar-refractivity contribution in [2.45, 2.75) is 81.2 Å².